The zero-order chi connectivity index (χ0) is 15.1. The lowest BCUT2D eigenvalue weighted by Crippen LogP contribution is -2.37. The SMILES string of the molecule is CC(C)(C(=O)O)n1nnnc1-c1cc(F)c(F)c(F)c1. The first kappa shape index (κ1) is 14.0. The zero-order valence-corrected chi connectivity index (χ0v) is 10.4. The Morgan fingerprint density at radius 1 is 1.25 bits per heavy atom. The van der Waals surface area contributed by atoms with Gasteiger partial charge >= 0.3 is 5.97 Å². The number of carboxylic acid groups (broad SMARTS) is 1. The molecular weight excluding hydrogens is 277 g/mol. The minimum Gasteiger partial charge on any atom is -0.479 e. The van der Waals surface area contributed by atoms with Gasteiger partial charge in [-0.15, -0.1) is 5.10 Å². The van der Waals surface area contributed by atoms with Crippen molar-refractivity contribution in [1.29, 1.82) is 0 Å². The Morgan fingerprint density at radius 2 is 1.80 bits per heavy atom. The fourth-order valence-electron chi connectivity index (χ4n) is 1.52. The summed E-state index contributed by atoms with van der Waals surface area (Å²) in [7, 11) is 0. The summed E-state index contributed by atoms with van der Waals surface area (Å²) in [5, 5.41) is 19.4. The number of aromatic nitrogens is 4. The van der Waals surface area contributed by atoms with Gasteiger partial charge in [0.1, 0.15) is 0 Å². The van der Waals surface area contributed by atoms with Crippen molar-refractivity contribution < 1.29 is 23.1 Å². The second-order valence-corrected chi connectivity index (χ2v) is 4.53. The second-order valence-electron chi connectivity index (χ2n) is 4.53. The smallest absolute Gasteiger partial charge is 0.331 e. The molecule has 0 bridgehead atoms. The standard InChI is InChI=1S/C11H9F3N4O2/c1-11(2,10(19)20)18-9(15-16-17-18)5-3-6(12)8(14)7(13)4-5/h3-4H,1-2H3,(H,19,20). The van der Waals surface area contributed by atoms with Crippen molar-refractivity contribution in [3.05, 3.63) is 29.6 Å². The minimum atomic E-state index is -1.62. The number of carboxylic acids is 1. The lowest BCUT2D eigenvalue weighted by Gasteiger charge is -2.20. The summed E-state index contributed by atoms with van der Waals surface area (Å²) >= 11 is 0. The molecule has 20 heavy (non-hydrogen) atoms. The van der Waals surface area contributed by atoms with Crippen LogP contribution < -0.4 is 0 Å². The molecule has 0 aliphatic rings. The summed E-state index contributed by atoms with van der Waals surface area (Å²) in [6, 6.07) is 1.39. The van der Waals surface area contributed by atoms with Crippen LogP contribution in [0.25, 0.3) is 11.4 Å². The van der Waals surface area contributed by atoms with Crippen LogP contribution in [0.3, 0.4) is 0 Å². The van der Waals surface area contributed by atoms with Crippen molar-refractivity contribution in [3.8, 4) is 11.4 Å². The van der Waals surface area contributed by atoms with E-state index in [2.05, 4.69) is 15.5 Å². The Labute approximate surface area is 110 Å². The van der Waals surface area contributed by atoms with E-state index >= 15 is 0 Å². The number of carbonyl (C=O) groups is 1. The third-order valence-corrected chi connectivity index (χ3v) is 2.76. The van der Waals surface area contributed by atoms with Crippen molar-refractivity contribution in [2.75, 3.05) is 0 Å². The molecule has 0 fully saturated rings. The molecule has 1 aromatic carbocycles. The van der Waals surface area contributed by atoms with Gasteiger partial charge in [-0.25, -0.2) is 22.6 Å². The molecule has 0 spiro atoms. The Kier molecular flexibility index (Phi) is 3.20. The van der Waals surface area contributed by atoms with Crippen molar-refractivity contribution >= 4 is 5.97 Å². The molecule has 0 saturated heterocycles. The predicted molar refractivity (Wildman–Crippen MR) is 60.1 cm³/mol. The highest BCUT2D eigenvalue weighted by atomic mass is 19.2. The van der Waals surface area contributed by atoms with E-state index in [4.69, 9.17) is 5.11 Å². The Bertz CT molecular complexity index is 661. The summed E-state index contributed by atoms with van der Waals surface area (Å²) in [4.78, 5) is 11.2. The van der Waals surface area contributed by atoms with Gasteiger partial charge in [0, 0.05) is 5.56 Å². The number of tetrazole rings is 1. The summed E-state index contributed by atoms with van der Waals surface area (Å²) < 4.78 is 40.2. The average Bonchev–Trinajstić information content (AvgIpc) is 2.84. The number of hydrogen-bond donors (Lipinski definition) is 1. The third-order valence-electron chi connectivity index (χ3n) is 2.76. The summed E-state index contributed by atoms with van der Waals surface area (Å²) in [6.07, 6.45) is 0. The monoisotopic (exact) mass is 286 g/mol. The topological polar surface area (TPSA) is 80.9 Å². The van der Waals surface area contributed by atoms with Crippen LogP contribution in [0.2, 0.25) is 0 Å². The average molecular weight is 286 g/mol. The normalized spacial score (nSPS) is 11.7. The molecule has 1 heterocycles. The number of nitrogens with zero attached hydrogens (tertiary/aromatic N) is 4. The Balaban J connectivity index is 2.62. The van der Waals surface area contributed by atoms with Crippen LogP contribution in [0.5, 0.6) is 0 Å². The number of halogens is 3. The molecule has 0 unspecified atom stereocenters. The molecule has 106 valence electrons. The zero-order valence-electron chi connectivity index (χ0n) is 10.4. The van der Waals surface area contributed by atoms with E-state index in [0.29, 0.717) is 12.1 Å². The molecule has 1 N–H and O–H groups in total. The quantitative estimate of drug-likeness (QED) is 0.866. The van der Waals surface area contributed by atoms with Gasteiger partial charge in [-0.3, -0.25) is 0 Å². The van der Waals surface area contributed by atoms with Gasteiger partial charge in [0.15, 0.2) is 28.8 Å². The van der Waals surface area contributed by atoms with Gasteiger partial charge in [-0.05, 0) is 36.4 Å². The number of hydrogen-bond acceptors (Lipinski definition) is 4. The van der Waals surface area contributed by atoms with Gasteiger partial charge in [0.2, 0.25) is 0 Å². The van der Waals surface area contributed by atoms with Crippen molar-refractivity contribution in [3.63, 3.8) is 0 Å². The lowest BCUT2D eigenvalue weighted by molar-refractivity contribution is -0.146. The van der Waals surface area contributed by atoms with Crippen LogP contribution in [-0.2, 0) is 10.3 Å². The maximum Gasteiger partial charge on any atom is 0.331 e. The van der Waals surface area contributed by atoms with Gasteiger partial charge in [0.05, 0.1) is 0 Å². The molecule has 6 nitrogen and oxygen atoms in total. The molecule has 0 radical (unpaired) electrons. The van der Waals surface area contributed by atoms with Crippen LogP contribution in [0.4, 0.5) is 13.2 Å². The minimum absolute atomic E-state index is 0.166. The first-order valence-electron chi connectivity index (χ1n) is 5.42. The van der Waals surface area contributed by atoms with Gasteiger partial charge in [-0.2, -0.15) is 0 Å². The van der Waals surface area contributed by atoms with Gasteiger partial charge in [0.25, 0.3) is 0 Å². The highest BCUT2D eigenvalue weighted by molar-refractivity contribution is 5.76. The molecule has 0 amide bonds. The van der Waals surface area contributed by atoms with Crippen LogP contribution in [0.15, 0.2) is 12.1 Å². The summed E-state index contributed by atoms with van der Waals surface area (Å²) in [6.45, 7) is 2.62. The van der Waals surface area contributed by atoms with E-state index in [1.54, 1.807) is 0 Å². The van der Waals surface area contributed by atoms with E-state index < -0.39 is 29.0 Å². The number of rotatable bonds is 3. The maximum atomic E-state index is 13.2. The fourth-order valence-corrected chi connectivity index (χ4v) is 1.52. The van der Waals surface area contributed by atoms with Crippen LogP contribution in [0.1, 0.15) is 13.8 Å². The van der Waals surface area contributed by atoms with E-state index in [-0.39, 0.29) is 11.4 Å². The number of aliphatic carboxylic acids is 1. The first-order valence-corrected chi connectivity index (χ1v) is 5.42. The molecule has 9 heteroatoms. The van der Waals surface area contributed by atoms with E-state index in [9.17, 15) is 18.0 Å². The van der Waals surface area contributed by atoms with Crippen LogP contribution in [0, 0.1) is 17.5 Å². The van der Waals surface area contributed by atoms with Crippen molar-refractivity contribution in [2.24, 2.45) is 0 Å². The van der Waals surface area contributed by atoms with Crippen molar-refractivity contribution in [2.45, 2.75) is 19.4 Å². The molecule has 1 aromatic heterocycles. The van der Waals surface area contributed by atoms with E-state index in [0.717, 1.165) is 4.68 Å². The molecule has 2 aromatic rings. The Morgan fingerprint density at radius 3 is 2.30 bits per heavy atom. The Hall–Kier alpha value is -2.45. The van der Waals surface area contributed by atoms with Crippen molar-refractivity contribution in [1.82, 2.24) is 20.2 Å². The first-order chi connectivity index (χ1) is 9.25. The maximum absolute atomic E-state index is 13.2. The molecular formula is C11H9F3N4O2. The highest BCUT2D eigenvalue weighted by Crippen LogP contribution is 2.25. The predicted octanol–water partition coefficient (Wildman–Crippen LogP) is 1.58. The summed E-state index contributed by atoms with van der Waals surface area (Å²) in [5.74, 6) is -5.88. The highest BCUT2D eigenvalue weighted by Gasteiger charge is 2.34. The van der Waals surface area contributed by atoms with E-state index in [1.807, 2.05) is 0 Å². The second kappa shape index (κ2) is 4.58. The van der Waals surface area contributed by atoms with E-state index in [1.165, 1.54) is 13.8 Å². The van der Waals surface area contributed by atoms with Gasteiger partial charge in [-0.1, -0.05) is 0 Å². The lowest BCUT2D eigenvalue weighted by atomic mass is 10.1. The van der Waals surface area contributed by atoms with Gasteiger partial charge < -0.3 is 5.11 Å². The number of benzene rings is 1. The van der Waals surface area contributed by atoms with Crippen LogP contribution >= 0.6 is 0 Å². The largest absolute Gasteiger partial charge is 0.479 e. The molecule has 0 aliphatic heterocycles. The molecule has 0 aliphatic carbocycles. The fraction of sp³-hybridized carbons (Fsp3) is 0.273. The van der Waals surface area contributed by atoms with Crippen LogP contribution in [-0.4, -0.2) is 31.3 Å². The third kappa shape index (κ3) is 2.10. The molecule has 0 saturated carbocycles. The molecule has 2 rings (SSSR count). The summed E-state index contributed by atoms with van der Waals surface area (Å²) in [5.41, 5.74) is -1.71. The molecule has 0 atom stereocenters.